The number of aromatic amines is 1. The number of anilines is 2. The second-order valence-corrected chi connectivity index (χ2v) is 11.3. The van der Waals surface area contributed by atoms with E-state index in [4.69, 9.17) is 0 Å². The molecule has 4 aromatic rings. The molecule has 0 atom stereocenters. The van der Waals surface area contributed by atoms with Crippen LogP contribution in [0.3, 0.4) is 0 Å². The van der Waals surface area contributed by atoms with Crippen LogP contribution in [0.4, 0.5) is 10.9 Å². The van der Waals surface area contributed by atoms with E-state index in [9.17, 15) is 14.4 Å². The number of nitrogens with zero attached hydrogens (tertiary/aromatic N) is 2. The number of hydrogen-bond acceptors (Lipinski definition) is 6. The monoisotopic (exact) mass is 586 g/mol. The van der Waals surface area contributed by atoms with Crippen molar-refractivity contribution >= 4 is 40.0 Å². The Bertz CT molecular complexity index is 1450. The standard InChI is InChI=1S/C32H38N6O3S/c1-2-3-18-33-28(39)21-24-12-9-13-25(19-24)22-30(41)36-32-38-37-31(42-32)15-8-7-14-26-16-17-27(34-26)35-29(40)20-23-10-5-4-6-11-23/h4-6,9-13,16-17,19,34H,2-3,7-8,14-15,18,20-22H2,1H3,(H,33,39)(H,35,40)(H,36,38,41). The number of amides is 3. The maximum atomic E-state index is 12.6. The summed E-state index contributed by atoms with van der Waals surface area (Å²) in [4.78, 5) is 40.2. The minimum absolute atomic E-state index is 0.00730. The van der Waals surface area contributed by atoms with Crippen LogP contribution in [-0.4, -0.2) is 39.4 Å². The molecule has 4 rings (SSSR count). The summed E-state index contributed by atoms with van der Waals surface area (Å²) in [7, 11) is 0. The van der Waals surface area contributed by atoms with E-state index in [0.29, 0.717) is 30.3 Å². The number of nitrogens with one attached hydrogen (secondary N) is 4. The molecule has 2 heterocycles. The van der Waals surface area contributed by atoms with Crippen LogP contribution in [0.5, 0.6) is 0 Å². The minimum Gasteiger partial charge on any atom is -0.356 e. The molecule has 42 heavy (non-hydrogen) atoms. The molecule has 9 nitrogen and oxygen atoms in total. The Morgan fingerprint density at radius 2 is 1.43 bits per heavy atom. The molecule has 0 radical (unpaired) electrons. The van der Waals surface area contributed by atoms with Crippen LogP contribution in [0.2, 0.25) is 0 Å². The lowest BCUT2D eigenvalue weighted by Gasteiger charge is -2.07. The summed E-state index contributed by atoms with van der Waals surface area (Å²) < 4.78 is 0. The highest BCUT2D eigenvalue weighted by Gasteiger charge is 2.11. The molecule has 220 valence electrons. The van der Waals surface area contributed by atoms with Gasteiger partial charge in [-0.25, -0.2) is 0 Å². The number of benzene rings is 2. The quantitative estimate of drug-likeness (QED) is 0.133. The molecule has 0 unspecified atom stereocenters. The SMILES string of the molecule is CCCCNC(=O)Cc1cccc(CC(=O)Nc2nnc(CCCCc3ccc(NC(=O)Cc4ccccc4)[nH]3)s2)c1. The number of carbonyl (C=O) groups excluding carboxylic acids is 3. The Kier molecular flexibility index (Phi) is 11.8. The number of carbonyl (C=O) groups is 3. The molecule has 0 bridgehead atoms. The molecule has 0 saturated heterocycles. The van der Waals surface area contributed by atoms with Gasteiger partial charge in [-0.05, 0) is 54.5 Å². The molecule has 0 aliphatic heterocycles. The van der Waals surface area contributed by atoms with E-state index in [1.165, 1.54) is 11.3 Å². The van der Waals surface area contributed by atoms with Crippen LogP contribution >= 0.6 is 11.3 Å². The van der Waals surface area contributed by atoms with Crippen molar-refractivity contribution in [2.24, 2.45) is 0 Å². The highest BCUT2D eigenvalue weighted by atomic mass is 32.1. The van der Waals surface area contributed by atoms with E-state index in [1.807, 2.05) is 66.7 Å². The summed E-state index contributed by atoms with van der Waals surface area (Å²) in [6.45, 7) is 2.77. The highest BCUT2D eigenvalue weighted by Crippen LogP contribution is 2.19. The Morgan fingerprint density at radius 1 is 0.738 bits per heavy atom. The first-order chi connectivity index (χ1) is 20.5. The maximum Gasteiger partial charge on any atom is 0.230 e. The third kappa shape index (κ3) is 10.6. The molecule has 10 heteroatoms. The summed E-state index contributed by atoms with van der Waals surface area (Å²) in [5, 5.41) is 18.4. The van der Waals surface area contributed by atoms with Crippen LogP contribution < -0.4 is 16.0 Å². The Balaban J connectivity index is 1.14. The van der Waals surface area contributed by atoms with Crippen LogP contribution in [-0.2, 0) is 46.5 Å². The molecule has 0 fully saturated rings. The molecule has 3 amide bonds. The number of aromatic nitrogens is 3. The van der Waals surface area contributed by atoms with Gasteiger partial charge in [-0.15, -0.1) is 10.2 Å². The Hall–Kier alpha value is -4.31. The van der Waals surface area contributed by atoms with Crippen LogP contribution in [0.15, 0.2) is 66.7 Å². The minimum atomic E-state index is -0.166. The third-order valence-corrected chi connectivity index (χ3v) is 7.50. The van der Waals surface area contributed by atoms with Gasteiger partial charge in [-0.1, -0.05) is 79.3 Å². The van der Waals surface area contributed by atoms with Gasteiger partial charge in [-0.2, -0.15) is 0 Å². The van der Waals surface area contributed by atoms with Crippen LogP contribution in [0.1, 0.15) is 60.0 Å². The normalized spacial score (nSPS) is 10.8. The summed E-state index contributed by atoms with van der Waals surface area (Å²) >= 11 is 1.39. The van der Waals surface area contributed by atoms with Crippen molar-refractivity contribution in [3.63, 3.8) is 0 Å². The third-order valence-electron chi connectivity index (χ3n) is 6.60. The van der Waals surface area contributed by atoms with Crippen molar-refractivity contribution in [2.75, 3.05) is 17.2 Å². The molecular formula is C32H38N6O3S. The Labute approximate surface area is 250 Å². The fraction of sp³-hybridized carbons (Fsp3) is 0.344. The molecular weight excluding hydrogens is 548 g/mol. The van der Waals surface area contributed by atoms with Gasteiger partial charge in [0.05, 0.1) is 19.3 Å². The fourth-order valence-electron chi connectivity index (χ4n) is 4.48. The van der Waals surface area contributed by atoms with Gasteiger partial charge in [0.15, 0.2) is 0 Å². The van der Waals surface area contributed by atoms with E-state index in [0.717, 1.165) is 65.9 Å². The summed E-state index contributed by atoms with van der Waals surface area (Å²) in [5.41, 5.74) is 3.78. The smallest absolute Gasteiger partial charge is 0.230 e. The van der Waals surface area contributed by atoms with Gasteiger partial charge in [0.2, 0.25) is 22.9 Å². The zero-order valence-electron chi connectivity index (χ0n) is 23.9. The lowest BCUT2D eigenvalue weighted by molar-refractivity contribution is -0.120. The molecule has 0 aliphatic carbocycles. The zero-order chi connectivity index (χ0) is 29.6. The van der Waals surface area contributed by atoms with Crippen molar-refractivity contribution in [3.05, 3.63) is 94.1 Å². The van der Waals surface area contributed by atoms with E-state index in [-0.39, 0.29) is 24.1 Å². The zero-order valence-corrected chi connectivity index (χ0v) is 24.8. The number of H-pyrrole nitrogens is 1. The van der Waals surface area contributed by atoms with Gasteiger partial charge in [0.25, 0.3) is 0 Å². The van der Waals surface area contributed by atoms with Gasteiger partial charge in [0.1, 0.15) is 10.8 Å². The van der Waals surface area contributed by atoms with Crippen molar-refractivity contribution in [1.82, 2.24) is 20.5 Å². The number of rotatable bonds is 16. The van der Waals surface area contributed by atoms with Crippen molar-refractivity contribution in [2.45, 2.75) is 64.7 Å². The second-order valence-electron chi connectivity index (χ2n) is 10.2. The Morgan fingerprint density at radius 3 is 2.21 bits per heavy atom. The lowest BCUT2D eigenvalue weighted by Crippen LogP contribution is -2.26. The first-order valence-electron chi connectivity index (χ1n) is 14.4. The first kappa shape index (κ1) is 30.6. The van der Waals surface area contributed by atoms with Gasteiger partial charge in [0, 0.05) is 18.7 Å². The van der Waals surface area contributed by atoms with Crippen molar-refractivity contribution in [1.29, 1.82) is 0 Å². The molecule has 0 aliphatic rings. The number of hydrogen-bond donors (Lipinski definition) is 4. The molecule has 2 aromatic carbocycles. The second kappa shape index (κ2) is 16.2. The van der Waals surface area contributed by atoms with Crippen molar-refractivity contribution < 1.29 is 14.4 Å². The molecule has 0 spiro atoms. The predicted octanol–water partition coefficient (Wildman–Crippen LogP) is 5.25. The predicted molar refractivity (Wildman–Crippen MR) is 167 cm³/mol. The van der Waals surface area contributed by atoms with Crippen molar-refractivity contribution in [3.8, 4) is 0 Å². The van der Waals surface area contributed by atoms with Gasteiger partial charge in [-0.3, -0.25) is 14.4 Å². The fourth-order valence-corrected chi connectivity index (χ4v) is 5.28. The summed E-state index contributed by atoms with van der Waals surface area (Å²) in [6.07, 6.45) is 6.35. The molecule has 4 N–H and O–H groups in total. The number of aryl methyl sites for hydroxylation is 2. The molecule has 2 aromatic heterocycles. The van der Waals surface area contributed by atoms with E-state index in [1.54, 1.807) is 0 Å². The van der Waals surface area contributed by atoms with Crippen LogP contribution in [0, 0.1) is 0 Å². The molecule has 0 saturated carbocycles. The summed E-state index contributed by atoms with van der Waals surface area (Å²) in [6, 6.07) is 21.1. The van der Waals surface area contributed by atoms with E-state index < -0.39 is 0 Å². The maximum absolute atomic E-state index is 12.6. The van der Waals surface area contributed by atoms with Gasteiger partial charge >= 0.3 is 0 Å². The lowest BCUT2D eigenvalue weighted by atomic mass is 10.1. The summed E-state index contributed by atoms with van der Waals surface area (Å²) in [5.74, 6) is 0.479. The van der Waals surface area contributed by atoms with E-state index in [2.05, 4.69) is 38.1 Å². The topological polar surface area (TPSA) is 129 Å². The average molecular weight is 587 g/mol. The highest BCUT2D eigenvalue weighted by molar-refractivity contribution is 7.15. The average Bonchev–Trinajstić information content (AvgIpc) is 3.61. The van der Waals surface area contributed by atoms with Gasteiger partial charge < -0.3 is 20.9 Å². The van der Waals surface area contributed by atoms with Crippen LogP contribution in [0.25, 0.3) is 0 Å². The number of unbranched alkanes of at least 4 members (excludes halogenated alkanes) is 2. The largest absolute Gasteiger partial charge is 0.356 e. The van der Waals surface area contributed by atoms with E-state index >= 15 is 0 Å². The first-order valence-corrected chi connectivity index (χ1v) is 15.3.